The van der Waals surface area contributed by atoms with Crippen LogP contribution in [0, 0.1) is 0 Å². The average molecular weight is 242 g/mol. The maximum atomic E-state index is 5.97. The molecule has 1 unspecified atom stereocenters. The number of nitrogen functional groups attached to an aromatic ring is 1. The second-order valence-corrected chi connectivity index (χ2v) is 5.39. The maximum absolute atomic E-state index is 5.97. The van der Waals surface area contributed by atoms with Crippen LogP contribution in [0.5, 0.6) is 0 Å². The van der Waals surface area contributed by atoms with Crippen molar-refractivity contribution in [2.45, 2.75) is 17.2 Å². The number of hydrogen-bond donors (Lipinski definition) is 1. The number of benzene rings is 1. The number of anilines is 1. The summed E-state index contributed by atoms with van der Waals surface area (Å²) < 4.78 is 0. The average Bonchev–Trinajstić information content (AvgIpc) is 2.76. The Kier molecular flexibility index (Phi) is 2.77. The van der Waals surface area contributed by atoms with Gasteiger partial charge in [0.15, 0.2) is 0 Å². The molecular formula is C14H14N2S. The van der Waals surface area contributed by atoms with Crippen LogP contribution in [0.3, 0.4) is 0 Å². The monoisotopic (exact) mass is 242 g/mol. The van der Waals surface area contributed by atoms with Gasteiger partial charge in [-0.2, -0.15) is 0 Å². The predicted molar refractivity (Wildman–Crippen MR) is 72.3 cm³/mol. The molecule has 0 saturated heterocycles. The minimum atomic E-state index is 0.572. The number of pyridine rings is 1. The standard InChI is InChI=1S/C14H14N2S/c15-13-5-6-16-8-10(13)7-11-9-17-14-4-2-1-3-12(11)14/h1-6,8,11H,7,9H2,(H2,15,16). The molecule has 1 aromatic heterocycles. The van der Waals surface area contributed by atoms with E-state index in [4.69, 9.17) is 5.73 Å². The third-order valence-electron chi connectivity index (χ3n) is 3.21. The van der Waals surface area contributed by atoms with Gasteiger partial charge in [-0.25, -0.2) is 0 Å². The molecule has 1 aromatic carbocycles. The van der Waals surface area contributed by atoms with E-state index in [1.54, 1.807) is 6.20 Å². The molecule has 86 valence electrons. The van der Waals surface area contributed by atoms with Gasteiger partial charge in [-0.05, 0) is 35.6 Å². The van der Waals surface area contributed by atoms with Crippen molar-refractivity contribution in [2.75, 3.05) is 11.5 Å². The van der Waals surface area contributed by atoms with Gasteiger partial charge in [0, 0.05) is 28.7 Å². The summed E-state index contributed by atoms with van der Waals surface area (Å²) in [6.45, 7) is 0. The summed E-state index contributed by atoms with van der Waals surface area (Å²) in [6, 6.07) is 10.5. The maximum Gasteiger partial charge on any atom is 0.0377 e. The van der Waals surface area contributed by atoms with Gasteiger partial charge in [-0.15, -0.1) is 11.8 Å². The van der Waals surface area contributed by atoms with Crippen molar-refractivity contribution in [2.24, 2.45) is 0 Å². The summed E-state index contributed by atoms with van der Waals surface area (Å²) in [4.78, 5) is 5.57. The Morgan fingerprint density at radius 2 is 2.18 bits per heavy atom. The summed E-state index contributed by atoms with van der Waals surface area (Å²) in [6.07, 6.45) is 4.63. The van der Waals surface area contributed by atoms with E-state index in [0.29, 0.717) is 5.92 Å². The third kappa shape index (κ3) is 2.03. The first kappa shape index (κ1) is 10.7. The Balaban J connectivity index is 1.87. The Labute approximate surface area is 105 Å². The number of thioether (sulfide) groups is 1. The summed E-state index contributed by atoms with van der Waals surface area (Å²) in [7, 11) is 0. The molecule has 0 spiro atoms. The molecule has 1 aliphatic heterocycles. The van der Waals surface area contributed by atoms with Crippen LogP contribution in [0.25, 0.3) is 0 Å². The van der Waals surface area contributed by atoms with Gasteiger partial charge >= 0.3 is 0 Å². The van der Waals surface area contributed by atoms with Gasteiger partial charge in [0.1, 0.15) is 0 Å². The third-order valence-corrected chi connectivity index (χ3v) is 4.46. The number of aromatic nitrogens is 1. The van der Waals surface area contributed by atoms with Crippen LogP contribution < -0.4 is 5.73 Å². The van der Waals surface area contributed by atoms with E-state index >= 15 is 0 Å². The molecule has 17 heavy (non-hydrogen) atoms. The Bertz CT molecular complexity index is 539. The highest BCUT2D eigenvalue weighted by Crippen LogP contribution is 2.41. The second-order valence-electron chi connectivity index (χ2n) is 4.32. The van der Waals surface area contributed by atoms with Crippen LogP contribution in [-0.4, -0.2) is 10.7 Å². The highest BCUT2D eigenvalue weighted by atomic mass is 32.2. The summed E-state index contributed by atoms with van der Waals surface area (Å²) >= 11 is 1.94. The first-order valence-electron chi connectivity index (χ1n) is 5.74. The fourth-order valence-electron chi connectivity index (χ4n) is 2.27. The van der Waals surface area contributed by atoms with Gasteiger partial charge in [0.2, 0.25) is 0 Å². The molecule has 0 saturated carbocycles. The van der Waals surface area contributed by atoms with Crippen molar-refractivity contribution < 1.29 is 0 Å². The van der Waals surface area contributed by atoms with Crippen molar-refractivity contribution in [1.29, 1.82) is 0 Å². The van der Waals surface area contributed by atoms with E-state index < -0.39 is 0 Å². The molecule has 3 rings (SSSR count). The van der Waals surface area contributed by atoms with Crippen molar-refractivity contribution in [3.63, 3.8) is 0 Å². The van der Waals surface area contributed by atoms with Crippen molar-refractivity contribution in [3.8, 4) is 0 Å². The predicted octanol–water partition coefficient (Wildman–Crippen LogP) is 3.10. The molecule has 0 fully saturated rings. The topological polar surface area (TPSA) is 38.9 Å². The van der Waals surface area contributed by atoms with Gasteiger partial charge < -0.3 is 5.73 Å². The van der Waals surface area contributed by atoms with Gasteiger partial charge in [0.05, 0.1) is 0 Å². The molecule has 2 heterocycles. The van der Waals surface area contributed by atoms with Gasteiger partial charge in [-0.1, -0.05) is 18.2 Å². The number of nitrogens with zero attached hydrogens (tertiary/aromatic N) is 1. The molecule has 0 bridgehead atoms. The fourth-order valence-corrected chi connectivity index (χ4v) is 3.53. The minimum absolute atomic E-state index is 0.572. The lowest BCUT2D eigenvalue weighted by Gasteiger charge is -2.11. The van der Waals surface area contributed by atoms with E-state index in [-0.39, 0.29) is 0 Å². The Hall–Kier alpha value is -1.48. The van der Waals surface area contributed by atoms with Crippen LogP contribution >= 0.6 is 11.8 Å². The van der Waals surface area contributed by atoms with Crippen molar-refractivity contribution in [1.82, 2.24) is 4.98 Å². The molecule has 2 N–H and O–H groups in total. The molecular weight excluding hydrogens is 228 g/mol. The number of hydrogen-bond acceptors (Lipinski definition) is 3. The lowest BCUT2D eigenvalue weighted by Crippen LogP contribution is -2.04. The first-order valence-corrected chi connectivity index (χ1v) is 6.73. The first-order chi connectivity index (χ1) is 8.34. The van der Waals surface area contributed by atoms with E-state index in [1.165, 1.54) is 10.5 Å². The highest BCUT2D eigenvalue weighted by molar-refractivity contribution is 7.99. The normalized spacial score (nSPS) is 18.0. The van der Waals surface area contributed by atoms with Crippen LogP contribution in [-0.2, 0) is 6.42 Å². The van der Waals surface area contributed by atoms with Crippen LogP contribution in [0.4, 0.5) is 5.69 Å². The molecule has 0 amide bonds. The zero-order chi connectivity index (χ0) is 11.7. The Morgan fingerprint density at radius 3 is 3.06 bits per heavy atom. The molecule has 1 aliphatic rings. The van der Waals surface area contributed by atoms with Crippen LogP contribution in [0.1, 0.15) is 17.0 Å². The number of fused-ring (bicyclic) bond motifs is 1. The van der Waals surface area contributed by atoms with E-state index in [9.17, 15) is 0 Å². The zero-order valence-electron chi connectivity index (χ0n) is 9.47. The van der Waals surface area contributed by atoms with Crippen LogP contribution in [0.15, 0.2) is 47.6 Å². The van der Waals surface area contributed by atoms with E-state index in [2.05, 4.69) is 29.2 Å². The summed E-state index contributed by atoms with van der Waals surface area (Å²) in [5.74, 6) is 1.72. The largest absolute Gasteiger partial charge is 0.398 e. The second kappa shape index (κ2) is 4.41. The molecule has 1 atom stereocenters. The SMILES string of the molecule is Nc1ccncc1CC1CSc2ccccc21. The lowest BCUT2D eigenvalue weighted by atomic mass is 9.94. The van der Waals surface area contributed by atoms with E-state index in [1.807, 2.05) is 24.0 Å². The zero-order valence-corrected chi connectivity index (χ0v) is 10.3. The molecule has 0 radical (unpaired) electrons. The lowest BCUT2D eigenvalue weighted by molar-refractivity contribution is 0.771. The molecule has 0 aliphatic carbocycles. The highest BCUT2D eigenvalue weighted by Gasteiger charge is 2.23. The van der Waals surface area contributed by atoms with Crippen molar-refractivity contribution >= 4 is 17.4 Å². The van der Waals surface area contributed by atoms with Gasteiger partial charge in [0.25, 0.3) is 0 Å². The van der Waals surface area contributed by atoms with Crippen LogP contribution in [0.2, 0.25) is 0 Å². The molecule has 2 aromatic rings. The fraction of sp³-hybridized carbons (Fsp3) is 0.214. The minimum Gasteiger partial charge on any atom is -0.398 e. The Morgan fingerprint density at radius 1 is 1.29 bits per heavy atom. The van der Waals surface area contributed by atoms with Gasteiger partial charge in [-0.3, -0.25) is 4.98 Å². The molecule has 3 heteroatoms. The summed E-state index contributed by atoms with van der Waals surface area (Å²) in [5.41, 5.74) is 9.45. The number of nitrogens with two attached hydrogens (primary N) is 1. The smallest absolute Gasteiger partial charge is 0.0377 e. The number of rotatable bonds is 2. The molecule has 2 nitrogen and oxygen atoms in total. The summed E-state index contributed by atoms with van der Waals surface area (Å²) in [5, 5.41) is 0. The van der Waals surface area contributed by atoms with Crippen molar-refractivity contribution in [3.05, 3.63) is 53.9 Å². The van der Waals surface area contributed by atoms with E-state index in [0.717, 1.165) is 23.4 Å². The quantitative estimate of drug-likeness (QED) is 0.879.